The lowest BCUT2D eigenvalue weighted by Crippen LogP contribution is -2.74. The number of likely N-dealkylation sites (N-methyl/N-ethyl adjacent to an activating group) is 1. The minimum atomic E-state index is -2.78. The minimum Gasteiger partial charge on any atom is -0.505 e. The zero-order valence-corrected chi connectivity index (χ0v) is 21.0. The van der Waals surface area contributed by atoms with Crippen LogP contribution in [0.3, 0.4) is 0 Å². The zero-order valence-electron chi connectivity index (χ0n) is 21.0. The monoisotopic (exact) mass is 514 g/mol. The number of primary amides is 1. The summed E-state index contributed by atoms with van der Waals surface area (Å²) in [6.45, 7) is 2.40. The fourth-order valence-electron chi connectivity index (χ4n) is 6.34. The Morgan fingerprint density at radius 2 is 1.86 bits per heavy atom. The number of rotatable bonds is 6. The highest BCUT2D eigenvalue weighted by Crippen LogP contribution is 2.52. The Bertz CT molecular complexity index is 1240. The molecule has 198 valence electrons. The van der Waals surface area contributed by atoms with Gasteiger partial charge in [0.2, 0.25) is 12.3 Å². The zero-order chi connectivity index (χ0) is 27.6. The number of Topliss-reactive ketones (excluding diaryl/α,β-unsaturated/α-hetero) is 4. The van der Waals surface area contributed by atoms with E-state index in [-0.39, 0.29) is 24.1 Å². The standard InChI is InChI=1S/C25H30N4O8/c1-5-29(4)14-8-13(27-9-30)19(31)16-11(14)6-10-7-12-18(28(2)3)21(33)17(24(26)36)23(35)25(12,37)22(34)15(10)20(16)32/h8-10,12,15,17-18,31,37H,5-7H2,1-4H3,(H2,26,36)(H,27,30)/t10?,12?,15?,17?,18-,25-/m0/s1. The van der Waals surface area contributed by atoms with Crippen molar-refractivity contribution >= 4 is 46.8 Å². The number of phenolic OH excluding ortho intramolecular Hbond substituents is 1. The molecule has 4 rings (SSSR count). The SMILES string of the molecule is CCN(C)c1cc(NC=O)c(O)c2c1CC1CC3[C@H](N(C)C)C(=O)C(C(N)=O)C(=O)[C@@]3(O)C(=O)C1C2=O. The highest BCUT2D eigenvalue weighted by atomic mass is 16.3. The van der Waals surface area contributed by atoms with E-state index < -0.39 is 70.1 Å². The Kier molecular flexibility index (Phi) is 6.45. The van der Waals surface area contributed by atoms with Gasteiger partial charge in [-0.25, -0.2) is 0 Å². The quantitative estimate of drug-likeness (QED) is 0.206. The summed E-state index contributed by atoms with van der Waals surface area (Å²) in [5.74, 6) is -11.2. The molecule has 3 aliphatic carbocycles. The molecule has 2 saturated carbocycles. The molecule has 0 spiro atoms. The van der Waals surface area contributed by atoms with Gasteiger partial charge >= 0.3 is 0 Å². The van der Waals surface area contributed by atoms with Crippen LogP contribution in [0.5, 0.6) is 5.75 Å². The number of hydrogen-bond donors (Lipinski definition) is 4. The molecule has 0 aromatic heterocycles. The maximum Gasteiger partial charge on any atom is 0.235 e. The molecule has 1 aromatic carbocycles. The lowest BCUT2D eigenvalue weighted by atomic mass is 9.52. The molecule has 4 unspecified atom stereocenters. The maximum absolute atomic E-state index is 13.8. The number of aliphatic hydroxyl groups is 1. The maximum atomic E-state index is 13.8. The molecule has 2 amide bonds. The summed E-state index contributed by atoms with van der Waals surface area (Å²) < 4.78 is 0. The number of aromatic hydroxyl groups is 1. The first-order valence-corrected chi connectivity index (χ1v) is 12.0. The molecular weight excluding hydrogens is 484 g/mol. The van der Waals surface area contributed by atoms with Gasteiger partial charge in [-0.2, -0.15) is 0 Å². The number of phenols is 1. The van der Waals surface area contributed by atoms with Gasteiger partial charge in [0.15, 0.2) is 34.7 Å². The summed E-state index contributed by atoms with van der Waals surface area (Å²) in [5.41, 5.74) is 3.36. The van der Waals surface area contributed by atoms with Crippen molar-refractivity contribution in [1.29, 1.82) is 0 Å². The van der Waals surface area contributed by atoms with Gasteiger partial charge < -0.3 is 26.2 Å². The number of nitrogens with one attached hydrogen (secondary N) is 1. The average molecular weight is 515 g/mol. The van der Waals surface area contributed by atoms with Crippen LogP contribution in [0.25, 0.3) is 0 Å². The van der Waals surface area contributed by atoms with Crippen LogP contribution in [0, 0.1) is 23.7 Å². The van der Waals surface area contributed by atoms with Crippen LogP contribution in [-0.2, 0) is 30.4 Å². The van der Waals surface area contributed by atoms with Gasteiger partial charge in [0, 0.05) is 25.2 Å². The molecular formula is C25H30N4O8. The summed E-state index contributed by atoms with van der Waals surface area (Å²) in [4.78, 5) is 80.5. The second-order valence-corrected chi connectivity index (χ2v) is 10.2. The third kappa shape index (κ3) is 3.57. The number of benzene rings is 1. The molecule has 5 N–H and O–H groups in total. The number of nitrogens with two attached hydrogens (primary N) is 1. The van der Waals surface area contributed by atoms with E-state index in [1.807, 2.05) is 11.8 Å². The Morgan fingerprint density at radius 1 is 1.22 bits per heavy atom. The Hall–Kier alpha value is -3.64. The van der Waals surface area contributed by atoms with Crippen LogP contribution in [0.15, 0.2) is 6.07 Å². The van der Waals surface area contributed by atoms with Crippen molar-refractivity contribution in [2.24, 2.45) is 29.4 Å². The van der Waals surface area contributed by atoms with E-state index in [0.29, 0.717) is 24.2 Å². The summed E-state index contributed by atoms with van der Waals surface area (Å²) in [6, 6.07) is 0.376. The third-order valence-corrected chi connectivity index (χ3v) is 8.14. The highest BCUT2D eigenvalue weighted by Gasteiger charge is 2.69. The molecule has 12 nitrogen and oxygen atoms in total. The number of hydrogen-bond acceptors (Lipinski definition) is 10. The van der Waals surface area contributed by atoms with Gasteiger partial charge in [0.1, 0.15) is 5.75 Å². The average Bonchev–Trinajstić information content (AvgIpc) is 2.82. The lowest BCUT2D eigenvalue weighted by Gasteiger charge is -2.52. The topological polar surface area (TPSA) is 187 Å². The van der Waals surface area contributed by atoms with E-state index in [0.717, 1.165) is 0 Å². The third-order valence-electron chi connectivity index (χ3n) is 8.14. The van der Waals surface area contributed by atoms with Crippen LogP contribution in [0.1, 0.15) is 29.3 Å². The first kappa shape index (κ1) is 26.4. The molecule has 0 saturated heterocycles. The Morgan fingerprint density at radius 3 is 2.41 bits per heavy atom. The minimum absolute atomic E-state index is 0.0310. The second kappa shape index (κ2) is 9.03. The molecule has 2 fully saturated rings. The largest absolute Gasteiger partial charge is 0.505 e. The van der Waals surface area contributed by atoms with Gasteiger partial charge in [0.25, 0.3) is 0 Å². The Balaban J connectivity index is 1.91. The Labute approximate surface area is 212 Å². The van der Waals surface area contributed by atoms with Gasteiger partial charge in [-0.05, 0) is 51.4 Å². The van der Waals surface area contributed by atoms with Crippen molar-refractivity contribution in [3.63, 3.8) is 0 Å². The van der Waals surface area contributed by atoms with Crippen LogP contribution in [0.4, 0.5) is 11.4 Å². The molecule has 12 heteroatoms. The van der Waals surface area contributed by atoms with Gasteiger partial charge in [-0.1, -0.05) is 0 Å². The van der Waals surface area contributed by atoms with Gasteiger partial charge in [-0.3, -0.25) is 33.7 Å². The highest BCUT2D eigenvalue weighted by molar-refractivity contribution is 6.32. The van der Waals surface area contributed by atoms with Crippen molar-refractivity contribution in [2.75, 3.05) is 37.9 Å². The van der Waals surface area contributed by atoms with Crippen LogP contribution < -0.4 is 16.0 Å². The molecule has 0 heterocycles. The summed E-state index contributed by atoms with van der Waals surface area (Å²) >= 11 is 0. The number of anilines is 2. The first-order chi connectivity index (χ1) is 17.3. The summed E-state index contributed by atoms with van der Waals surface area (Å²) in [5, 5.41) is 24.9. The van der Waals surface area contributed by atoms with Crippen LogP contribution in [0.2, 0.25) is 0 Å². The van der Waals surface area contributed by atoms with E-state index in [9.17, 15) is 39.0 Å². The predicted octanol–water partition coefficient (Wildman–Crippen LogP) is -1.11. The fraction of sp³-hybridized carbons (Fsp3) is 0.520. The van der Waals surface area contributed by atoms with Gasteiger partial charge in [0.05, 0.1) is 23.2 Å². The van der Waals surface area contributed by atoms with E-state index in [4.69, 9.17) is 5.73 Å². The summed E-state index contributed by atoms with van der Waals surface area (Å²) in [7, 11) is 4.83. The number of nitrogens with zero attached hydrogens (tertiary/aromatic N) is 2. The van der Waals surface area contributed by atoms with Crippen LogP contribution in [-0.4, -0.2) is 89.9 Å². The summed E-state index contributed by atoms with van der Waals surface area (Å²) in [6.07, 6.45) is 0.449. The number of amides is 2. The molecule has 1 aromatic rings. The molecule has 37 heavy (non-hydrogen) atoms. The van der Waals surface area contributed by atoms with E-state index in [1.54, 1.807) is 7.05 Å². The van der Waals surface area contributed by atoms with Crippen molar-refractivity contribution in [2.45, 2.75) is 31.4 Å². The van der Waals surface area contributed by atoms with E-state index >= 15 is 0 Å². The normalized spacial score (nSPS) is 30.9. The van der Waals surface area contributed by atoms with Crippen LogP contribution >= 0.6 is 0 Å². The van der Waals surface area contributed by atoms with Crippen molar-refractivity contribution < 1.29 is 39.0 Å². The molecule has 0 radical (unpaired) electrons. The molecule has 0 bridgehead atoms. The molecule has 6 atom stereocenters. The first-order valence-electron chi connectivity index (χ1n) is 12.0. The molecule has 3 aliphatic rings. The lowest BCUT2D eigenvalue weighted by molar-refractivity contribution is -0.181. The fourth-order valence-corrected chi connectivity index (χ4v) is 6.34. The predicted molar refractivity (Wildman–Crippen MR) is 130 cm³/mol. The number of carbonyl (C=O) groups is 6. The van der Waals surface area contributed by atoms with E-state index in [1.165, 1.54) is 25.1 Å². The number of ketones is 4. The van der Waals surface area contributed by atoms with E-state index in [2.05, 4.69) is 5.32 Å². The number of carbonyl (C=O) groups excluding carboxylic acids is 6. The number of fused-ring (bicyclic) bond motifs is 3. The van der Waals surface area contributed by atoms with Crippen molar-refractivity contribution in [3.8, 4) is 5.75 Å². The molecule has 0 aliphatic heterocycles. The van der Waals surface area contributed by atoms with Crippen molar-refractivity contribution in [1.82, 2.24) is 4.90 Å². The smallest absolute Gasteiger partial charge is 0.235 e. The van der Waals surface area contributed by atoms with Crippen molar-refractivity contribution in [3.05, 3.63) is 17.2 Å². The second-order valence-electron chi connectivity index (χ2n) is 10.2. The van der Waals surface area contributed by atoms with Gasteiger partial charge in [-0.15, -0.1) is 0 Å².